The Labute approximate surface area is 200 Å². The molecule has 0 aliphatic rings. The minimum atomic E-state index is -0.179. The van der Waals surface area contributed by atoms with Crippen molar-refractivity contribution in [3.05, 3.63) is 83.8 Å². The van der Waals surface area contributed by atoms with Crippen LogP contribution in [0.2, 0.25) is 0 Å². The van der Waals surface area contributed by atoms with Gasteiger partial charge in [0.05, 0.1) is 34.1 Å². The summed E-state index contributed by atoms with van der Waals surface area (Å²) >= 11 is 0. The van der Waals surface area contributed by atoms with Gasteiger partial charge in [0.15, 0.2) is 11.6 Å². The normalized spacial score (nSPS) is 10.8. The van der Waals surface area contributed by atoms with Crippen molar-refractivity contribution in [2.45, 2.75) is 13.8 Å². The number of nitrogens with one attached hydrogen (secondary N) is 1. The van der Waals surface area contributed by atoms with Crippen LogP contribution in [0, 0.1) is 18.3 Å². The molecule has 0 atom stereocenters. The zero-order chi connectivity index (χ0) is 24.5. The number of carbonyl (C=O) groups excluding carboxylic acids is 1. The average molecular weight is 461 g/mol. The van der Waals surface area contributed by atoms with E-state index in [2.05, 4.69) is 26.6 Å². The van der Waals surface area contributed by atoms with Crippen molar-refractivity contribution in [3.63, 3.8) is 0 Å². The molecule has 170 valence electrons. The Hall–Kier alpha value is -5.10. The molecule has 9 heteroatoms. The van der Waals surface area contributed by atoms with E-state index in [-0.39, 0.29) is 17.1 Å². The lowest BCUT2D eigenvalue weighted by molar-refractivity contribution is 0.101. The zero-order valence-corrected chi connectivity index (χ0v) is 18.9. The van der Waals surface area contributed by atoms with Crippen LogP contribution in [0.25, 0.3) is 28.1 Å². The topological polar surface area (TPSA) is 130 Å². The second kappa shape index (κ2) is 8.68. The number of phenolic OH excluding ortho intramolecular Hbond substituents is 1. The number of rotatable bonds is 5. The van der Waals surface area contributed by atoms with Crippen molar-refractivity contribution in [1.29, 1.82) is 5.26 Å². The molecule has 0 aliphatic heterocycles. The van der Waals surface area contributed by atoms with E-state index in [1.54, 1.807) is 24.5 Å². The molecule has 5 rings (SSSR count). The van der Waals surface area contributed by atoms with Gasteiger partial charge in [-0.15, -0.1) is 5.10 Å². The van der Waals surface area contributed by atoms with Crippen LogP contribution in [-0.2, 0) is 0 Å². The minimum Gasteiger partial charge on any atom is -0.508 e. The predicted molar refractivity (Wildman–Crippen MR) is 131 cm³/mol. The fraction of sp³-hybridized carbons (Fsp3) is 0.0769. The number of aryl methyl sites for hydroxylation is 1. The maximum Gasteiger partial charge on any atom is 0.161 e. The number of anilines is 2. The number of carbonyl (C=O) groups is 1. The third kappa shape index (κ3) is 4.16. The highest BCUT2D eigenvalue weighted by molar-refractivity contribution is 6.00. The van der Waals surface area contributed by atoms with E-state index in [9.17, 15) is 15.2 Å². The average Bonchev–Trinajstić information content (AvgIpc) is 3.28. The van der Waals surface area contributed by atoms with Crippen molar-refractivity contribution in [1.82, 2.24) is 24.7 Å². The third-order valence-electron chi connectivity index (χ3n) is 5.50. The second-order valence-electron chi connectivity index (χ2n) is 7.97. The SMILES string of the molecule is CC(=O)c1ccc(-n2cnc3cc(Nc4ccc(C)nn4)ccc32)nc1-c1ccc(O)cc1C#N. The molecule has 0 spiro atoms. The number of aromatic hydroxyl groups is 1. The van der Waals surface area contributed by atoms with Crippen LogP contribution in [0.3, 0.4) is 0 Å². The van der Waals surface area contributed by atoms with Gasteiger partial charge in [0.25, 0.3) is 0 Å². The summed E-state index contributed by atoms with van der Waals surface area (Å²) in [4.78, 5) is 21.6. The number of aromatic nitrogens is 5. The van der Waals surface area contributed by atoms with Crippen molar-refractivity contribution >= 4 is 28.3 Å². The Morgan fingerprint density at radius 2 is 1.91 bits per heavy atom. The molecule has 2 N–H and O–H groups in total. The highest BCUT2D eigenvalue weighted by atomic mass is 16.3. The van der Waals surface area contributed by atoms with E-state index in [1.807, 2.05) is 41.8 Å². The third-order valence-corrected chi connectivity index (χ3v) is 5.50. The van der Waals surface area contributed by atoms with Gasteiger partial charge in [0.1, 0.15) is 17.9 Å². The van der Waals surface area contributed by atoms with Crippen LogP contribution in [0.5, 0.6) is 5.75 Å². The van der Waals surface area contributed by atoms with Crippen LogP contribution in [0.15, 0.2) is 67.0 Å². The van der Waals surface area contributed by atoms with E-state index in [1.165, 1.54) is 19.1 Å². The van der Waals surface area contributed by atoms with Crippen LogP contribution in [-0.4, -0.2) is 35.6 Å². The number of ketones is 1. The molecule has 0 saturated heterocycles. The first-order valence-corrected chi connectivity index (χ1v) is 10.7. The van der Waals surface area contributed by atoms with Gasteiger partial charge in [-0.05, 0) is 74.5 Å². The zero-order valence-electron chi connectivity index (χ0n) is 18.9. The number of benzene rings is 2. The Kier molecular flexibility index (Phi) is 5.39. The van der Waals surface area contributed by atoms with Gasteiger partial charge in [0, 0.05) is 16.8 Å². The van der Waals surface area contributed by atoms with E-state index in [0.717, 1.165) is 22.4 Å². The highest BCUT2D eigenvalue weighted by Crippen LogP contribution is 2.30. The van der Waals surface area contributed by atoms with Gasteiger partial charge < -0.3 is 10.4 Å². The molecule has 0 amide bonds. The monoisotopic (exact) mass is 461 g/mol. The van der Waals surface area contributed by atoms with Crippen LogP contribution in [0.4, 0.5) is 11.5 Å². The lowest BCUT2D eigenvalue weighted by Crippen LogP contribution is -2.04. The summed E-state index contributed by atoms with van der Waals surface area (Å²) in [6.07, 6.45) is 1.65. The molecule has 0 radical (unpaired) electrons. The first kappa shape index (κ1) is 21.7. The number of fused-ring (bicyclic) bond motifs is 1. The fourth-order valence-electron chi connectivity index (χ4n) is 3.79. The van der Waals surface area contributed by atoms with Gasteiger partial charge in [-0.2, -0.15) is 10.4 Å². The van der Waals surface area contributed by atoms with E-state index in [0.29, 0.717) is 28.5 Å². The Bertz CT molecular complexity index is 1630. The lowest BCUT2D eigenvalue weighted by Gasteiger charge is -2.12. The molecule has 3 heterocycles. The summed E-state index contributed by atoms with van der Waals surface area (Å²) in [5, 5.41) is 30.7. The standard InChI is InChI=1S/C26H19N7O2/c1-15-3-9-24(32-31-15)29-18-4-8-23-22(12-18)28-14-33(23)25-10-7-20(16(2)34)26(30-25)21-6-5-19(35)11-17(21)13-27/h3-12,14,35H,1-2H3,(H,29,32). The molecule has 0 aliphatic carbocycles. The smallest absolute Gasteiger partial charge is 0.161 e. The van der Waals surface area contributed by atoms with Gasteiger partial charge in [0.2, 0.25) is 0 Å². The van der Waals surface area contributed by atoms with Crippen molar-refractivity contribution in [3.8, 4) is 28.9 Å². The summed E-state index contributed by atoms with van der Waals surface area (Å²) in [5.41, 5.74) is 4.62. The maximum absolute atomic E-state index is 12.3. The number of phenols is 1. The summed E-state index contributed by atoms with van der Waals surface area (Å²) < 4.78 is 1.81. The highest BCUT2D eigenvalue weighted by Gasteiger charge is 2.17. The minimum absolute atomic E-state index is 0.0348. The Morgan fingerprint density at radius 3 is 2.66 bits per heavy atom. The molecule has 2 aromatic carbocycles. The fourth-order valence-corrected chi connectivity index (χ4v) is 3.79. The number of pyridine rings is 1. The largest absolute Gasteiger partial charge is 0.508 e. The first-order chi connectivity index (χ1) is 16.9. The Balaban J connectivity index is 1.57. The van der Waals surface area contributed by atoms with Crippen molar-refractivity contribution < 1.29 is 9.90 Å². The van der Waals surface area contributed by atoms with Gasteiger partial charge in [-0.25, -0.2) is 9.97 Å². The van der Waals surface area contributed by atoms with Crippen molar-refractivity contribution in [2.75, 3.05) is 5.32 Å². The quantitative estimate of drug-likeness (QED) is 0.360. The number of hydrogen-bond acceptors (Lipinski definition) is 8. The number of Topliss-reactive ketones (excluding diaryl/α,β-unsaturated/α-hetero) is 1. The summed E-state index contributed by atoms with van der Waals surface area (Å²) in [7, 11) is 0. The van der Waals surface area contributed by atoms with Crippen LogP contribution < -0.4 is 5.32 Å². The molecule has 0 saturated carbocycles. The van der Waals surface area contributed by atoms with E-state index in [4.69, 9.17) is 4.98 Å². The Morgan fingerprint density at radius 1 is 1.06 bits per heavy atom. The number of nitriles is 1. The summed E-state index contributed by atoms with van der Waals surface area (Å²) in [5.74, 6) is 0.950. The molecule has 0 bridgehead atoms. The number of hydrogen-bond donors (Lipinski definition) is 2. The van der Waals surface area contributed by atoms with E-state index < -0.39 is 0 Å². The van der Waals surface area contributed by atoms with Gasteiger partial charge >= 0.3 is 0 Å². The number of imidazole rings is 1. The summed E-state index contributed by atoms with van der Waals surface area (Å²) in [6, 6.07) is 19.3. The van der Waals surface area contributed by atoms with Crippen molar-refractivity contribution in [2.24, 2.45) is 0 Å². The summed E-state index contributed by atoms with van der Waals surface area (Å²) in [6.45, 7) is 3.33. The second-order valence-corrected chi connectivity index (χ2v) is 7.97. The van der Waals surface area contributed by atoms with Gasteiger partial charge in [-0.1, -0.05) is 0 Å². The molecular formula is C26H19N7O2. The molecule has 9 nitrogen and oxygen atoms in total. The van der Waals surface area contributed by atoms with E-state index >= 15 is 0 Å². The molecule has 5 aromatic rings. The van der Waals surface area contributed by atoms with Crippen LogP contribution >= 0.6 is 0 Å². The molecule has 0 unspecified atom stereocenters. The maximum atomic E-state index is 12.3. The predicted octanol–water partition coefficient (Wildman–Crippen LogP) is 4.71. The number of nitrogens with zero attached hydrogens (tertiary/aromatic N) is 6. The molecular weight excluding hydrogens is 442 g/mol. The lowest BCUT2D eigenvalue weighted by atomic mass is 9.99. The molecule has 0 fully saturated rings. The molecule has 35 heavy (non-hydrogen) atoms. The first-order valence-electron chi connectivity index (χ1n) is 10.7. The van der Waals surface area contributed by atoms with Gasteiger partial charge in [-0.3, -0.25) is 9.36 Å². The van der Waals surface area contributed by atoms with Crippen LogP contribution in [0.1, 0.15) is 28.5 Å². The molecule has 3 aromatic heterocycles.